The molecule has 1 rings (SSSR count). The van der Waals surface area contributed by atoms with Crippen molar-refractivity contribution in [2.24, 2.45) is 0 Å². The molecule has 1 aromatic carbocycles. The number of benzene rings is 1. The molecule has 0 aromatic heterocycles. The summed E-state index contributed by atoms with van der Waals surface area (Å²) < 4.78 is 5.08. The number of nitrogens with one attached hydrogen (secondary N) is 1. The number of phenols is 1. The maximum Gasteiger partial charge on any atom is 0.220 e. The third-order valence-corrected chi connectivity index (χ3v) is 5.12. The van der Waals surface area contributed by atoms with Crippen LogP contribution in [-0.4, -0.2) is 18.1 Å². The lowest BCUT2D eigenvalue weighted by molar-refractivity contribution is -0.121. The molecule has 0 radical (unpaired) electrons. The highest BCUT2D eigenvalue weighted by atomic mass is 16.5. The molecular weight excluding hydrogens is 374 g/mol. The van der Waals surface area contributed by atoms with Gasteiger partial charge in [-0.1, -0.05) is 75.8 Å². The molecule has 0 atom stereocenters. The van der Waals surface area contributed by atoms with Crippen molar-refractivity contribution >= 4 is 5.91 Å². The first-order valence-electron chi connectivity index (χ1n) is 11.6. The van der Waals surface area contributed by atoms with Gasteiger partial charge in [0.05, 0.1) is 7.11 Å². The van der Waals surface area contributed by atoms with Gasteiger partial charge in [-0.2, -0.15) is 0 Å². The lowest BCUT2D eigenvalue weighted by Gasteiger charge is -2.08. The molecule has 0 aliphatic rings. The summed E-state index contributed by atoms with van der Waals surface area (Å²) in [7, 11) is 1.52. The molecule has 1 amide bonds. The molecule has 0 fully saturated rings. The summed E-state index contributed by atoms with van der Waals surface area (Å²) in [6.45, 7) is 2.70. The molecule has 2 N–H and O–H groups in total. The van der Waals surface area contributed by atoms with E-state index in [1.807, 2.05) is 0 Å². The number of aromatic hydroxyl groups is 1. The van der Waals surface area contributed by atoms with E-state index >= 15 is 0 Å². The van der Waals surface area contributed by atoms with Gasteiger partial charge in [-0.05, 0) is 49.8 Å². The second kappa shape index (κ2) is 17.6. The third kappa shape index (κ3) is 13.1. The second-order valence-electron chi connectivity index (χ2n) is 7.80. The van der Waals surface area contributed by atoms with Gasteiger partial charge in [0.25, 0.3) is 0 Å². The van der Waals surface area contributed by atoms with Crippen LogP contribution in [0.2, 0.25) is 0 Å². The predicted molar refractivity (Wildman–Crippen MR) is 126 cm³/mol. The monoisotopic (exact) mass is 415 g/mol. The first-order chi connectivity index (χ1) is 14.7. The Morgan fingerprint density at radius 2 is 1.60 bits per heavy atom. The number of hydrogen-bond acceptors (Lipinski definition) is 3. The molecule has 0 spiro atoms. The van der Waals surface area contributed by atoms with Crippen molar-refractivity contribution in [2.45, 2.75) is 90.5 Å². The summed E-state index contributed by atoms with van der Waals surface area (Å²) in [6.07, 6.45) is 22.7. The first-order valence-corrected chi connectivity index (χ1v) is 11.6. The molecule has 0 saturated heterocycles. The number of phenolic OH excluding ortho intramolecular Hbond substituents is 1. The Labute approximate surface area is 183 Å². The van der Waals surface area contributed by atoms with E-state index in [0.29, 0.717) is 18.7 Å². The van der Waals surface area contributed by atoms with Gasteiger partial charge in [-0.25, -0.2) is 0 Å². The van der Waals surface area contributed by atoms with E-state index in [0.717, 1.165) is 24.8 Å². The average Bonchev–Trinajstić information content (AvgIpc) is 2.75. The molecule has 30 heavy (non-hydrogen) atoms. The molecule has 0 aliphatic carbocycles. The van der Waals surface area contributed by atoms with E-state index in [1.54, 1.807) is 18.2 Å². The topological polar surface area (TPSA) is 58.6 Å². The number of amides is 1. The van der Waals surface area contributed by atoms with Gasteiger partial charge in [0.2, 0.25) is 5.91 Å². The van der Waals surface area contributed by atoms with E-state index < -0.39 is 0 Å². The van der Waals surface area contributed by atoms with Crippen LogP contribution in [0.25, 0.3) is 0 Å². The largest absolute Gasteiger partial charge is 0.504 e. The van der Waals surface area contributed by atoms with E-state index in [4.69, 9.17) is 4.74 Å². The van der Waals surface area contributed by atoms with Crippen LogP contribution in [0.1, 0.15) is 89.5 Å². The van der Waals surface area contributed by atoms with Crippen LogP contribution in [0, 0.1) is 0 Å². The Hall–Kier alpha value is -2.23. The standard InChI is InChI=1S/C26H41NO3/c1-3-4-5-6-7-8-9-10-11-12-13-14-15-16-17-18-26(29)27-22-23-19-20-24(28)25(21-23)30-2/h8-11,19-21,28H,3-7,12-18,22H2,1-2H3,(H,27,29). The summed E-state index contributed by atoms with van der Waals surface area (Å²) in [5, 5.41) is 12.5. The smallest absolute Gasteiger partial charge is 0.220 e. The fourth-order valence-electron chi connectivity index (χ4n) is 3.24. The normalized spacial score (nSPS) is 11.4. The Kier molecular flexibility index (Phi) is 15.2. The quantitative estimate of drug-likeness (QED) is 0.216. The number of carbonyl (C=O) groups is 1. The van der Waals surface area contributed by atoms with Crippen molar-refractivity contribution in [3.05, 3.63) is 48.1 Å². The molecule has 0 unspecified atom stereocenters. The summed E-state index contributed by atoms with van der Waals surface area (Å²) >= 11 is 0. The molecule has 0 heterocycles. The third-order valence-electron chi connectivity index (χ3n) is 5.12. The number of ether oxygens (including phenoxy) is 1. The lowest BCUT2D eigenvalue weighted by Crippen LogP contribution is -2.22. The molecule has 0 saturated carbocycles. The van der Waals surface area contributed by atoms with Gasteiger partial charge in [0.1, 0.15) is 0 Å². The van der Waals surface area contributed by atoms with Gasteiger partial charge in [0, 0.05) is 13.0 Å². The van der Waals surface area contributed by atoms with Gasteiger partial charge >= 0.3 is 0 Å². The molecule has 0 aliphatic heterocycles. The van der Waals surface area contributed by atoms with Gasteiger partial charge in [0.15, 0.2) is 11.5 Å². The average molecular weight is 416 g/mol. The molecule has 4 nitrogen and oxygen atoms in total. The van der Waals surface area contributed by atoms with E-state index in [2.05, 4.69) is 36.5 Å². The molecular formula is C26H41NO3. The molecule has 1 aromatic rings. The Morgan fingerprint density at radius 3 is 2.27 bits per heavy atom. The molecule has 4 heteroatoms. The number of rotatable bonds is 17. The zero-order chi connectivity index (χ0) is 21.9. The van der Waals surface area contributed by atoms with Gasteiger partial charge in [-0.3, -0.25) is 4.79 Å². The van der Waals surface area contributed by atoms with E-state index in [-0.39, 0.29) is 11.7 Å². The summed E-state index contributed by atoms with van der Waals surface area (Å²) in [5.41, 5.74) is 0.914. The second-order valence-corrected chi connectivity index (χ2v) is 7.80. The number of hydrogen-bond donors (Lipinski definition) is 2. The van der Waals surface area contributed by atoms with Crippen molar-refractivity contribution in [1.82, 2.24) is 5.32 Å². The van der Waals surface area contributed by atoms with E-state index in [9.17, 15) is 9.90 Å². The number of allylic oxidation sites excluding steroid dienone is 4. The lowest BCUT2D eigenvalue weighted by atomic mass is 10.1. The maximum absolute atomic E-state index is 12.0. The highest BCUT2D eigenvalue weighted by molar-refractivity contribution is 5.75. The Morgan fingerprint density at radius 1 is 0.967 bits per heavy atom. The minimum atomic E-state index is 0.0754. The fraction of sp³-hybridized carbons (Fsp3) is 0.577. The molecule has 168 valence electrons. The van der Waals surface area contributed by atoms with Crippen molar-refractivity contribution < 1.29 is 14.6 Å². The SMILES string of the molecule is CCCCCCC=CC=CCCCCCCCC(=O)NCc1ccc(O)c(OC)c1. The summed E-state index contributed by atoms with van der Waals surface area (Å²) in [5.74, 6) is 0.610. The highest BCUT2D eigenvalue weighted by Crippen LogP contribution is 2.26. The van der Waals surface area contributed by atoms with Gasteiger partial charge in [-0.15, -0.1) is 0 Å². The van der Waals surface area contributed by atoms with Crippen LogP contribution in [-0.2, 0) is 11.3 Å². The van der Waals surface area contributed by atoms with Crippen molar-refractivity contribution in [1.29, 1.82) is 0 Å². The van der Waals surface area contributed by atoms with Crippen LogP contribution in [0.4, 0.5) is 0 Å². The van der Waals surface area contributed by atoms with Crippen LogP contribution >= 0.6 is 0 Å². The van der Waals surface area contributed by atoms with Crippen LogP contribution < -0.4 is 10.1 Å². The number of carbonyl (C=O) groups excluding carboxylic acids is 1. The predicted octanol–water partition coefficient (Wildman–Crippen LogP) is 6.83. The van der Waals surface area contributed by atoms with Crippen molar-refractivity contribution in [2.75, 3.05) is 7.11 Å². The minimum Gasteiger partial charge on any atom is -0.504 e. The van der Waals surface area contributed by atoms with Crippen molar-refractivity contribution in [3.63, 3.8) is 0 Å². The van der Waals surface area contributed by atoms with Crippen molar-refractivity contribution in [3.8, 4) is 11.5 Å². The fourth-order valence-corrected chi connectivity index (χ4v) is 3.24. The Bertz CT molecular complexity index is 637. The summed E-state index contributed by atoms with van der Waals surface area (Å²) in [4.78, 5) is 12.0. The summed E-state index contributed by atoms with van der Waals surface area (Å²) in [6, 6.07) is 5.11. The maximum atomic E-state index is 12.0. The van der Waals surface area contributed by atoms with Crippen LogP contribution in [0.5, 0.6) is 11.5 Å². The van der Waals surface area contributed by atoms with Gasteiger partial charge < -0.3 is 15.2 Å². The van der Waals surface area contributed by atoms with E-state index in [1.165, 1.54) is 58.5 Å². The Balaban J connectivity index is 1.97. The minimum absolute atomic E-state index is 0.0754. The number of unbranched alkanes of at least 4 members (excludes halogenated alkanes) is 9. The highest BCUT2D eigenvalue weighted by Gasteiger charge is 2.05. The first kappa shape index (κ1) is 25.8. The zero-order valence-corrected chi connectivity index (χ0v) is 19.0. The molecule has 0 bridgehead atoms. The van der Waals surface area contributed by atoms with Crippen LogP contribution in [0.15, 0.2) is 42.5 Å². The van der Waals surface area contributed by atoms with Crippen LogP contribution in [0.3, 0.4) is 0 Å². The number of methoxy groups -OCH3 is 1. The zero-order valence-electron chi connectivity index (χ0n) is 19.0.